The highest BCUT2D eigenvalue weighted by Crippen LogP contribution is 2.31. The van der Waals surface area contributed by atoms with Crippen molar-refractivity contribution in [2.75, 3.05) is 11.4 Å². The average Bonchev–Trinajstić information content (AvgIpc) is 2.98. The van der Waals surface area contributed by atoms with Gasteiger partial charge in [0, 0.05) is 41.1 Å². The summed E-state index contributed by atoms with van der Waals surface area (Å²) in [4.78, 5) is 13.8. The summed E-state index contributed by atoms with van der Waals surface area (Å²) in [5.74, 6) is 0. The quantitative estimate of drug-likeness (QED) is 0.545. The van der Waals surface area contributed by atoms with Crippen LogP contribution in [0.15, 0.2) is 72.8 Å². The predicted molar refractivity (Wildman–Crippen MR) is 112 cm³/mol. The molecule has 0 atom stereocenters. The van der Waals surface area contributed by atoms with E-state index in [9.17, 15) is 4.79 Å². The van der Waals surface area contributed by atoms with Crippen molar-refractivity contribution in [3.63, 3.8) is 0 Å². The van der Waals surface area contributed by atoms with Crippen LogP contribution in [0.2, 0.25) is 0 Å². The molecule has 0 bridgehead atoms. The van der Waals surface area contributed by atoms with Gasteiger partial charge in [-0.15, -0.1) is 0 Å². The fourth-order valence-corrected chi connectivity index (χ4v) is 3.78. The summed E-state index contributed by atoms with van der Waals surface area (Å²) in [6.07, 6.45) is 1.78. The van der Waals surface area contributed by atoms with Gasteiger partial charge in [0.25, 0.3) is 0 Å². The van der Waals surface area contributed by atoms with Crippen LogP contribution in [0, 0.1) is 0 Å². The number of aromatic nitrogens is 1. The van der Waals surface area contributed by atoms with Crippen molar-refractivity contribution in [3.05, 3.63) is 78.4 Å². The summed E-state index contributed by atoms with van der Waals surface area (Å²) in [7, 11) is 2.07. The predicted octanol–water partition coefficient (Wildman–Crippen LogP) is 4.85. The molecule has 2 N–H and O–H groups in total. The molecular weight excluding hydrogens is 334 g/mol. The average molecular weight is 357 g/mol. The Morgan fingerprint density at radius 3 is 2.41 bits per heavy atom. The van der Waals surface area contributed by atoms with Crippen LogP contribution in [0.3, 0.4) is 0 Å². The molecule has 0 aliphatic heterocycles. The molecule has 0 unspecified atom stereocenters. The maximum Gasteiger partial charge on any atom is 0.319 e. The van der Waals surface area contributed by atoms with Gasteiger partial charge in [0.2, 0.25) is 0 Å². The highest BCUT2D eigenvalue weighted by Gasteiger charge is 2.15. The first-order valence-corrected chi connectivity index (χ1v) is 9.23. The molecule has 4 heteroatoms. The lowest BCUT2D eigenvalue weighted by molar-refractivity contribution is 0.254. The topological polar surface area (TPSA) is 51.3 Å². The van der Waals surface area contributed by atoms with Crippen LogP contribution < -0.4 is 10.6 Å². The lowest BCUT2D eigenvalue weighted by Crippen LogP contribution is -2.36. The second kappa shape index (κ2) is 7.16. The maximum atomic E-state index is 12.1. The Labute approximate surface area is 158 Å². The number of fused-ring (bicyclic) bond motifs is 3. The maximum absolute atomic E-state index is 12.1. The summed E-state index contributed by atoms with van der Waals surface area (Å²) in [5, 5.41) is 2.32. The van der Waals surface area contributed by atoms with E-state index in [4.69, 9.17) is 5.73 Å². The fourth-order valence-electron chi connectivity index (χ4n) is 3.78. The van der Waals surface area contributed by atoms with Gasteiger partial charge in [-0.2, -0.15) is 0 Å². The zero-order valence-corrected chi connectivity index (χ0v) is 15.4. The number of nitrogens with zero attached hydrogens (tertiary/aromatic N) is 2. The summed E-state index contributed by atoms with van der Waals surface area (Å²) in [6, 6.07) is 24.3. The number of anilines is 1. The van der Waals surface area contributed by atoms with Gasteiger partial charge >= 0.3 is 6.03 Å². The van der Waals surface area contributed by atoms with Crippen molar-refractivity contribution in [1.29, 1.82) is 0 Å². The number of aryl methyl sites for hydroxylation is 2. The SMILES string of the molecule is Cn1c2ccccc2c2cc(N(CCCc3ccccc3)C(N)=O)ccc21. The van der Waals surface area contributed by atoms with Gasteiger partial charge < -0.3 is 10.3 Å². The van der Waals surface area contributed by atoms with E-state index in [0.29, 0.717) is 6.54 Å². The number of carbonyl (C=O) groups is 1. The van der Waals surface area contributed by atoms with E-state index < -0.39 is 6.03 Å². The Morgan fingerprint density at radius 1 is 0.926 bits per heavy atom. The molecule has 4 aromatic rings. The Bertz CT molecular complexity index is 1100. The highest BCUT2D eigenvalue weighted by atomic mass is 16.2. The van der Waals surface area contributed by atoms with Crippen molar-refractivity contribution >= 4 is 33.5 Å². The van der Waals surface area contributed by atoms with Crippen molar-refractivity contribution in [2.24, 2.45) is 12.8 Å². The molecule has 4 nitrogen and oxygen atoms in total. The van der Waals surface area contributed by atoms with Crippen LogP contribution in [0.1, 0.15) is 12.0 Å². The van der Waals surface area contributed by atoms with E-state index in [1.165, 1.54) is 16.5 Å². The van der Waals surface area contributed by atoms with Crippen molar-refractivity contribution in [3.8, 4) is 0 Å². The van der Waals surface area contributed by atoms with Crippen LogP contribution in [0.5, 0.6) is 0 Å². The molecule has 0 aliphatic rings. The number of nitrogens with two attached hydrogens (primary N) is 1. The van der Waals surface area contributed by atoms with Gasteiger partial charge in [0.1, 0.15) is 0 Å². The molecule has 0 radical (unpaired) electrons. The molecule has 1 aromatic heterocycles. The minimum Gasteiger partial charge on any atom is -0.351 e. The van der Waals surface area contributed by atoms with E-state index in [1.807, 2.05) is 36.4 Å². The van der Waals surface area contributed by atoms with Gasteiger partial charge in [0.15, 0.2) is 0 Å². The smallest absolute Gasteiger partial charge is 0.319 e. The van der Waals surface area contributed by atoms with Crippen molar-refractivity contribution in [1.82, 2.24) is 4.57 Å². The number of rotatable bonds is 5. The number of hydrogen-bond acceptors (Lipinski definition) is 1. The number of benzene rings is 3. The molecule has 1 heterocycles. The Kier molecular flexibility index (Phi) is 4.55. The molecule has 0 aliphatic carbocycles. The number of para-hydroxylation sites is 1. The first-order valence-electron chi connectivity index (χ1n) is 9.23. The third kappa shape index (κ3) is 3.26. The molecule has 0 saturated heterocycles. The normalized spacial score (nSPS) is 11.1. The minimum absolute atomic E-state index is 0.414. The Balaban J connectivity index is 1.63. The summed E-state index contributed by atoms with van der Waals surface area (Å²) >= 11 is 0. The summed E-state index contributed by atoms with van der Waals surface area (Å²) < 4.78 is 2.18. The number of primary amides is 1. The lowest BCUT2D eigenvalue weighted by atomic mass is 10.1. The standard InChI is InChI=1S/C23H23N3O/c1-25-21-12-6-5-11-19(21)20-16-18(13-14-22(20)25)26(23(24)27)15-7-10-17-8-3-2-4-9-17/h2-6,8-9,11-14,16H,7,10,15H2,1H3,(H2,24,27). The van der Waals surface area contributed by atoms with Gasteiger partial charge in [-0.05, 0) is 42.7 Å². The van der Waals surface area contributed by atoms with Crippen LogP contribution in [0.25, 0.3) is 21.8 Å². The fraction of sp³-hybridized carbons (Fsp3) is 0.174. The van der Waals surface area contributed by atoms with Crippen molar-refractivity contribution < 1.29 is 4.79 Å². The zero-order valence-electron chi connectivity index (χ0n) is 15.4. The van der Waals surface area contributed by atoms with Crippen molar-refractivity contribution in [2.45, 2.75) is 12.8 Å². The van der Waals surface area contributed by atoms with E-state index in [2.05, 4.69) is 48.0 Å². The first kappa shape index (κ1) is 17.2. The molecule has 136 valence electrons. The highest BCUT2D eigenvalue weighted by molar-refractivity contribution is 6.09. The molecule has 27 heavy (non-hydrogen) atoms. The van der Waals surface area contributed by atoms with Gasteiger partial charge in [0.05, 0.1) is 0 Å². The number of amides is 2. The number of hydrogen-bond donors (Lipinski definition) is 1. The molecule has 0 spiro atoms. The Morgan fingerprint density at radius 2 is 1.63 bits per heavy atom. The van der Waals surface area contributed by atoms with E-state index in [-0.39, 0.29) is 0 Å². The van der Waals surface area contributed by atoms with E-state index >= 15 is 0 Å². The number of carbonyl (C=O) groups excluding carboxylic acids is 1. The second-order valence-corrected chi connectivity index (χ2v) is 6.86. The van der Waals surface area contributed by atoms with Gasteiger partial charge in [-0.3, -0.25) is 4.90 Å². The van der Waals surface area contributed by atoms with E-state index in [1.54, 1.807) is 4.90 Å². The van der Waals surface area contributed by atoms with Crippen LogP contribution >= 0.6 is 0 Å². The third-order valence-corrected chi connectivity index (χ3v) is 5.16. The van der Waals surface area contributed by atoms with Gasteiger partial charge in [-0.1, -0.05) is 48.5 Å². The molecule has 0 saturated carbocycles. The molecule has 3 aromatic carbocycles. The van der Waals surface area contributed by atoms with Crippen LogP contribution in [0.4, 0.5) is 10.5 Å². The van der Waals surface area contributed by atoms with Gasteiger partial charge in [-0.25, -0.2) is 4.79 Å². The molecule has 2 amide bonds. The second-order valence-electron chi connectivity index (χ2n) is 6.86. The van der Waals surface area contributed by atoms with Crippen LogP contribution in [-0.2, 0) is 13.5 Å². The minimum atomic E-state index is -0.414. The first-order chi connectivity index (χ1) is 13.1. The number of urea groups is 1. The summed E-state index contributed by atoms with van der Waals surface area (Å²) in [5.41, 5.74) is 10.1. The third-order valence-electron chi connectivity index (χ3n) is 5.16. The lowest BCUT2D eigenvalue weighted by Gasteiger charge is -2.21. The Hall–Kier alpha value is -3.27. The summed E-state index contributed by atoms with van der Waals surface area (Å²) in [6.45, 7) is 0.598. The van der Waals surface area contributed by atoms with Crippen LogP contribution in [-0.4, -0.2) is 17.1 Å². The zero-order chi connectivity index (χ0) is 18.8. The monoisotopic (exact) mass is 357 g/mol. The molecule has 4 rings (SSSR count). The largest absolute Gasteiger partial charge is 0.351 e. The molecular formula is C23H23N3O. The van der Waals surface area contributed by atoms with E-state index in [0.717, 1.165) is 29.4 Å². The molecule has 0 fully saturated rings.